The van der Waals surface area contributed by atoms with Crippen LogP contribution in [0.5, 0.6) is 0 Å². The summed E-state index contributed by atoms with van der Waals surface area (Å²) in [6, 6.07) is 9.50. The molecule has 0 bridgehead atoms. The Morgan fingerprint density at radius 3 is 1.12 bits per heavy atom. The van der Waals surface area contributed by atoms with Gasteiger partial charge >= 0.3 is 0 Å². The molecule has 0 spiro atoms. The second-order valence-corrected chi connectivity index (χ2v) is 11.3. The second-order valence-electron chi connectivity index (χ2n) is 11.3. The quantitative estimate of drug-likeness (QED) is 0.384. The summed E-state index contributed by atoms with van der Waals surface area (Å²) in [4.78, 5) is 0. The molecule has 2 radical (unpaired) electrons. The van der Waals surface area contributed by atoms with E-state index in [-0.39, 0.29) is 0 Å². The van der Waals surface area contributed by atoms with Crippen molar-refractivity contribution in [2.45, 2.75) is 98.3 Å². The van der Waals surface area contributed by atoms with Gasteiger partial charge in [0.15, 0.2) is 0 Å². The lowest BCUT2D eigenvalue weighted by atomic mass is 9.81. The zero-order chi connectivity index (χ0) is 23.9. The summed E-state index contributed by atoms with van der Waals surface area (Å²) in [5, 5.41) is 0. The Morgan fingerprint density at radius 2 is 0.788 bits per heavy atom. The summed E-state index contributed by atoms with van der Waals surface area (Å²) >= 11 is 0. The van der Waals surface area contributed by atoms with Crippen molar-refractivity contribution in [2.75, 3.05) is 0 Å². The van der Waals surface area contributed by atoms with Gasteiger partial charge in [0.25, 0.3) is 0 Å². The minimum Gasteiger partial charge on any atom is -0.0721 e. The molecular formula is C33H42. The number of hydrogen-bond donors (Lipinski definition) is 0. The van der Waals surface area contributed by atoms with Crippen LogP contribution in [-0.4, -0.2) is 0 Å². The largest absolute Gasteiger partial charge is 0.0721 e. The fourth-order valence-corrected chi connectivity index (χ4v) is 5.77. The van der Waals surface area contributed by atoms with E-state index in [2.05, 4.69) is 104 Å². The number of hydrogen-bond acceptors (Lipinski definition) is 0. The van der Waals surface area contributed by atoms with Crippen LogP contribution in [0.15, 0.2) is 36.4 Å². The third-order valence-electron chi connectivity index (χ3n) is 7.55. The van der Waals surface area contributed by atoms with Crippen LogP contribution >= 0.6 is 0 Å². The molecule has 174 valence electrons. The standard InChI is InChI=1S/C33H42/c1-20(2)26-16-18-28(22(5)6)32-24(12-14-30(26)32)10-9-11-25-13-15-31-27(21(3)4)17-19-29(23(7)8)33(25)31/h12-23H,9-11H2,1-8H3. The average Bonchev–Trinajstić information content (AvgIpc) is 3.37. The van der Waals surface area contributed by atoms with Crippen LogP contribution < -0.4 is 0 Å². The van der Waals surface area contributed by atoms with Gasteiger partial charge < -0.3 is 0 Å². The normalized spacial score (nSPS) is 15.6. The molecule has 4 rings (SSSR count). The SMILES string of the molecule is CC(C)c1ccc(C(C)C)c2c1C=C[C]2CCC[C]1C=Cc2c(C(C)C)ccc(C(C)C)c21. The first-order valence-electron chi connectivity index (χ1n) is 13.1. The van der Waals surface area contributed by atoms with Crippen molar-refractivity contribution in [3.63, 3.8) is 0 Å². The molecule has 2 aliphatic rings. The molecule has 0 atom stereocenters. The molecule has 0 heteroatoms. The Labute approximate surface area is 203 Å². The van der Waals surface area contributed by atoms with E-state index in [4.69, 9.17) is 0 Å². The molecule has 0 N–H and O–H groups in total. The van der Waals surface area contributed by atoms with Crippen LogP contribution in [0.4, 0.5) is 0 Å². The van der Waals surface area contributed by atoms with E-state index in [0.717, 1.165) is 12.8 Å². The van der Waals surface area contributed by atoms with Crippen molar-refractivity contribution in [3.05, 3.63) is 92.8 Å². The van der Waals surface area contributed by atoms with Gasteiger partial charge in [-0.15, -0.1) is 0 Å². The summed E-state index contributed by atoms with van der Waals surface area (Å²) in [7, 11) is 0. The number of rotatable bonds is 8. The smallest absolute Gasteiger partial charge is 0.0276 e. The molecule has 2 aromatic carbocycles. The molecule has 0 heterocycles. The Kier molecular flexibility index (Phi) is 7.04. The van der Waals surface area contributed by atoms with Gasteiger partial charge in [-0.2, -0.15) is 0 Å². The monoisotopic (exact) mass is 438 g/mol. The van der Waals surface area contributed by atoms with Crippen molar-refractivity contribution < 1.29 is 0 Å². The zero-order valence-electron chi connectivity index (χ0n) is 22.0. The number of allylic oxidation sites excluding steroid dienone is 2. The predicted molar refractivity (Wildman–Crippen MR) is 146 cm³/mol. The highest BCUT2D eigenvalue weighted by Gasteiger charge is 2.28. The van der Waals surface area contributed by atoms with Crippen LogP contribution in [0.25, 0.3) is 12.2 Å². The highest BCUT2D eigenvalue weighted by Crippen LogP contribution is 2.44. The van der Waals surface area contributed by atoms with Crippen molar-refractivity contribution in [2.24, 2.45) is 0 Å². The fraction of sp³-hybridized carbons (Fsp3) is 0.455. The fourth-order valence-electron chi connectivity index (χ4n) is 5.77. The van der Waals surface area contributed by atoms with Gasteiger partial charge in [-0.3, -0.25) is 0 Å². The van der Waals surface area contributed by atoms with Gasteiger partial charge in [-0.05, 0) is 81.0 Å². The van der Waals surface area contributed by atoms with Gasteiger partial charge in [0.2, 0.25) is 0 Å². The maximum Gasteiger partial charge on any atom is 0.0276 e. The van der Waals surface area contributed by atoms with Crippen molar-refractivity contribution in [1.29, 1.82) is 0 Å². The molecule has 0 aliphatic heterocycles. The number of benzene rings is 2. The zero-order valence-corrected chi connectivity index (χ0v) is 22.0. The highest BCUT2D eigenvalue weighted by atomic mass is 14.3. The van der Waals surface area contributed by atoms with Crippen LogP contribution in [-0.2, 0) is 0 Å². The Hall–Kier alpha value is -2.08. The summed E-state index contributed by atoms with van der Waals surface area (Å²) in [6.07, 6.45) is 13.1. The second kappa shape index (κ2) is 9.65. The molecular weight excluding hydrogens is 396 g/mol. The lowest BCUT2D eigenvalue weighted by Crippen LogP contribution is -2.07. The van der Waals surface area contributed by atoms with Crippen molar-refractivity contribution in [3.8, 4) is 0 Å². The summed E-state index contributed by atoms with van der Waals surface area (Å²) in [5.74, 6) is 5.31. The first kappa shape index (κ1) is 24.1. The maximum absolute atomic E-state index is 2.40. The molecule has 33 heavy (non-hydrogen) atoms. The van der Waals surface area contributed by atoms with Crippen LogP contribution in [0, 0.1) is 11.8 Å². The van der Waals surface area contributed by atoms with E-state index in [1.165, 1.54) is 50.9 Å². The van der Waals surface area contributed by atoms with E-state index < -0.39 is 0 Å². The van der Waals surface area contributed by atoms with Crippen LogP contribution in [0.1, 0.15) is 143 Å². The van der Waals surface area contributed by atoms with Gasteiger partial charge in [0, 0.05) is 11.8 Å². The maximum atomic E-state index is 2.40. The van der Waals surface area contributed by atoms with E-state index >= 15 is 0 Å². The summed E-state index contributed by atoms with van der Waals surface area (Å²) in [5.41, 5.74) is 12.0. The molecule has 0 fully saturated rings. The lowest BCUT2D eigenvalue weighted by molar-refractivity contribution is 0.740. The van der Waals surface area contributed by atoms with Crippen molar-refractivity contribution in [1.82, 2.24) is 0 Å². The van der Waals surface area contributed by atoms with Gasteiger partial charge in [0.05, 0.1) is 0 Å². The Balaban J connectivity index is 1.54. The highest BCUT2D eigenvalue weighted by molar-refractivity contribution is 5.75. The average molecular weight is 439 g/mol. The van der Waals surface area contributed by atoms with Crippen molar-refractivity contribution >= 4 is 12.2 Å². The third kappa shape index (κ3) is 4.51. The summed E-state index contributed by atoms with van der Waals surface area (Å²) in [6.45, 7) is 18.6. The minimum atomic E-state index is 0.553. The Morgan fingerprint density at radius 1 is 0.455 bits per heavy atom. The molecule has 0 saturated heterocycles. The molecule has 2 aliphatic carbocycles. The first-order chi connectivity index (χ1) is 15.7. The molecule has 0 saturated carbocycles. The van der Waals surface area contributed by atoms with Gasteiger partial charge in [0.1, 0.15) is 0 Å². The van der Waals surface area contributed by atoms with E-state index in [0.29, 0.717) is 23.7 Å². The first-order valence-corrected chi connectivity index (χ1v) is 13.1. The predicted octanol–water partition coefficient (Wildman–Crippen LogP) is 9.95. The molecule has 0 amide bonds. The van der Waals surface area contributed by atoms with Crippen LogP contribution in [0.3, 0.4) is 0 Å². The molecule has 0 aromatic heterocycles. The third-order valence-corrected chi connectivity index (χ3v) is 7.55. The summed E-state index contributed by atoms with van der Waals surface area (Å²) < 4.78 is 0. The van der Waals surface area contributed by atoms with E-state index in [1.807, 2.05) is 0 Å². The van der Waals surface area contributed by atoms with Gasteiger partial charge in [-0.25, -0.2) is 0 Å². The molecule has 2 aromatic rings. The van der Waals surface area contributed by atoms with Gasteiger partial charge in [-0.1, -0.05) is 110 Å². The Bertz CT molecular complexity index is 972. The van der Waals surface area contributed by atoms with E-state index in [1.54, 1.807) is 11.8 Å². The minimum absolute atomic E-state index is 0.553. The van der Waals surface area contributed by atoms with E-state index in [9.17, 15) is 0 Å². The topological polar surface area (TPSA) is 0 Å². The lowest BCUT2D eigenvalue weighted by Gasteiger charge is -2.23. The molecule has 0 unspecified atom stereocenters. The molecule has 0 nitrogen and oxygen atoms in total. The van der Waals surface area contributed by atoms with Crippen LogP contribution in [0.2, 0.25) is 0 Å². The number of fused-ring (bicyclic) bond motifs is 2.